The Balaban J connectivity index is 1.39. The van der Waals surface area contributed by atoms with Crippen LogP contribution < -0.4 is 19.1 Å². The number of carbonyl (C=O) groups excluding carboxylic acids is 2. The Hall–Kier alpha value is -4.03. The van der Waals surface area contributed by atoms with E-state index >= 15 is 0 Å². The van der Waals surface area contributed by atoms with Crippen molar-refractivity contribution in [2.24, 2.45) is 0 Å². The number of Topliss-reactive ketones (excluding diaryl/α,β-unsaturated/α-hetero) is 1. The van der Waals surface area contributed by atoms with Gasteiger partial charge in [-0.2, -0.15) is 0 Å². The lowest BCUT2D eigenvalue weighted by molar-refractivity contribution is -0.132. The van der Waals surface area contributed by atoms with Crippen molar-refractivity contribution in [3.8, 4) is 17.2 Å². The Morgan fingerprint density at radius 1 is 1.09 bits per heavy atom. The van der Waals surface area contributed by atoms with Crippen LogP contribution in [0, 0.1) is 0 Å². The van der Waals surface area contributed by atoms with Crippen LogP contribution in [0.2, 0.25) is 10.0 Å². The van der Waals surface area contributed by atoms with Gasteiger partial charge in [-0.05, 0) is 53.6 Å². The van der Waals surface area contributed by atoms with Crippen molar-refractivity contribution in [1.82, 2.24) is 10.2 Å². The summed E-state index contributed by atoms with van der Waals surface area (Å²) < 4.78 is 17.5. The highest BCUT2D eigenvalue weighted by atomic mass is 35.5. The van der Waals surface area contributed by atoms with E-state index in [2.05, 4.69) is 16.8 Å². The molecule has 3 aromatic carbocycles. The Morgan fingerprint density at radius 2 is 1.91 bits per heavy atom. The molecule has 2 aliphatic heterocycles. The third-order valence-corrected chi connectivity index (χ3v) is 9.46. The molecule has 0 radical (unpaired) electrons. The minimum atomic E-state index is -1.02. The van der Waals surface area contributed by atoms with Crippen LogP contribution in [0.1, 0.15) is 22.7 Å². The van der Waals surface area contributed by atoms with Crippen molar-refractivity contribution < 1.29 is 28.9 Å². The van der Waals surface area contributed by atoms with Gasteiger partial charge >= 0.3 is 5.91 Å². The van der Waals surface area contributed by atoms with Gasteiger partial charge < -0.3 is 19.3 Å². The second kappa shape index (κ2) is 12.9. The topological polar surface area (TPSA) is 111 Å². The third-order valence-electron chi connectivity index (χ3n) is 6.77. The molecular weight excluding hydrogens is 645 g/mol. The molecule has 3 heterocycles. The SMILES string of the molecule is C=CCOc1cccc(C2/C(=C(\O)c3ccc4c(c3)OCCO4)C(=O)C(=O)N2c2nnc(SCc3ccc(Cl)cc3Cl)s2)c1. The zero-order valence-corrected chi connectivity index (χ0v) is 26.0. The minimum absolute atomic E-state index is 0.107. The smallest absolute Gasteiger partial charge is 0.301 e. The van der Waals surface area contributed by atoms with Gasteiger partial charge in [0.2, 0.25) is 5.13 Å². The summed E-state index contributed by atoms with van der Waals surface area (Å²) in [5.74, 6) is -0.132. The minimum Gasteiger partial charge on any atom is -0.507 e. The summed E-state index contributed by atoms with van der Waals surface area (Å²) in [5, 5.41) is 21.3. The van der Waals surface area contributed by atoms with Gasteiger partial charge in [-0.3, -0.25) is 14.5 Å². The van der Waals surface area contributed by atoms with Crippen molar-refractivity contribution in [1.29, 1.82) is 0 Å². The number of aliphatic hydroxyl groups excluding tert-OH is 1. The number of anilines is 1. The summed E-state index contributed by atoms with van der Waals surface area (Å²) in [6.45, 7) is 4.69. The van der Waals surface area contributed by atoms with E-state index in [1.165, 1.54) is 16.7 Å². The van der Waals surface area contributed by atoms with Gasteiger partial charge in [0.1, 0.15) is 31.3 Å². The van der Waals surface area contributed by atoms with Crippen LogP contribution in [-0.2, 0) is 15.3 Å². The molecule has 1 N–H and O–H groups in total. The highest BCUT2D eigenvalue weighted by molar-refractivity contribution is 8.00. The molecule has 13 heteroatoms. The maximum absolute atomic E-state index is 13.6. The summed E-state index contributed by atoms with van der Waals surface area (Å²) >= 11 is 14.9. The Morgan fingerprint density at radius 3 is 2.70 bits per heavy atom. The summed E-state index contributed by atoms with van der Waals surface area (Å²) in [4.78, 5) is 28.5. The van der Waals surface area contributed by atoms with Crippen LogP contribution in [0.4, 0.5) is 5.13 Å². The highest BCUT2D eigenvalue weighted by Crippen LogP contribution is 2.45. The van der Waals surface area contributed by atoms with Gasteiger partial charge in [0, 0.05) is 21.4 Å². The first-order valence-corrected chi connectivity index (χ1v) is 15.8. The summed E-state index contributed by atoms with van der Waals surface area (Å²) in [6.07, 6.45) is 1.61. The normalized spacial score (nSPS) is 17.1. The molecule has 0 saturated carbocycles. The first kappa shape index (κ1) is 30.0. The largest absolute Gasteiger partial charge is 0.507 e. The van der Waals surface area contributed by atoms with E-state index in [0.717, 1.165) is 16.9 Å². The summed E-state index contributed by atoms with van der Waals surface area (Å²) in [7, 11) is 0. The van der Waals surface area contributed by atoms with E-state index in [-0.39, 0.29) is 23.1 Å². The van der Waals surface area contributed by atoms with Crippen molar-refractivity contribution in [3.05, 3.63) is 106 Å². The molecule has 1 aromatic heterocycles. The molecule has 1 saturated heterocycles. The fraction of sp³-hybridized carbons (Fsp3) is 0.161. The van der Waals surface area contributed by atoms with E-state index in [9.17, 15) is 14.7 Å². The molecule has 0 bridgehead atoms. The molecule has 9 nitrogen and oxygen atoms in total. The fourth-order valence-electron chi connectivity index (χ4n) is 4.76. The first-order valence-electron chi connectivity index (χ1n) is 13.3. The maximum atomic E-state index is 13.6. The number of ether oxygens (including phenoxy) is 3. The monoisotopic (exact) mass is 667 g/mol. The molecule has 1 amide bonds. The highest BCUT2D eigenvalue weighted by Gasteiger charge is 2.48. The van der Waals surface area contributed by atoms with Crippen LogP contribution in [0.3, 0.4) is 0 Å². The molecule has 44 heavy (non-hydrogen) atoms. The van der Waals surface area contributed by atoms with E-state index < -0.39 is 17.7 Å². The molecule has 2 aliphatic rings. The number of ketones is 1. The molecule has 1 unspecified atom stereocenters. The van der Waals surface area contributed by atoms with Crippen molar-refractivity contribution in [2.45, 2.75) is 16.1 Å². The number of thioether (sulfide) groups is 1. The molecule has 1 atom stereocenters. The van der Waals surface area contributed by atoms with Gasteiger partial charge in [0.15, 0.2) is 15.8 Å². The standard InChI is InChI=1S/C31H23Cl2N3O6S2/c1-2-10-40-21-5-3-4-17(13-21)26-25(27(37)18-7-9-23-24(14-18)42-12-11-41-23)28(38)29(39)36(26)30-34-35-31(44-30)43-16-19-6-8-20(32)15-22(19)33/h2-9,13-15,26,37H,1,10-12,16H2/b27-25+. The number of hydrogen-bond acceptors (Lipinski definition) is 10. The Kier molecular flexibility index (Phi) is 8.81. The quantitative estimate of drug-likeness (QED) is 0.0499. The number of amides is 1. The summed E-state index contributed by atoms with van der Waals surface area (Å²) in [5.41, 5.74) is 1.57. The lowest BCUT2D eigenvalue weighted by atomic mass is 9.95. The average Bonchev–Trinajstić information content (AvgIpc) is 3.60. The number of benzene rings is 3. The number of carbonyl (C=O) groups is 2. The van der Waals surface area contributed by atoms with Gasteiger partial charge in [-0.25, -0.2) is 0 Å². The zero-order chi connectivity index (χ0) is 30.8. The number of rotatable bonds is 9. The van der Waals surface area contributed by atoms with E-state index in [1.807, 2.05) is 6.07 Å². The van der Waals surface area contributed by atoms with E-state index in [1.54, 1.807) is 60.7 Å². The average molecular weight is 669 g/mol. The van der Waals surface area contributed by atoms with Gasteiger partial charge in [-0.15, -0.1) is 10.2 Å². The molecule has 6 rings (SSSR count). The molecule has 0 spiro atoms. The number of aromatic nitrogens is 2. The fourth-order valence-corrected chi connectivity index (χ4v) is 7.18. The second-order valence-electron chi connectivity index (χ2n) is 9.57. The van der Waals surface area contributed by atoms with Gasteiger partial charge in [0.25, 0.3) is 5.78 Å². The van der Waals surface area contributed by atoms with Crippen LogP contribution in [0.25, 0.3) is 5.76 Å². The maximum Gasteiger partial charge on any atom is 0.301 e. The van der Waals surface area contributed by atoms with Crippen molar-refractivity contribution >= 4 is 68.9 Å². The number of halogens is 2. The van der Waals surface area contributed by atoms with Crippen LogP contribution in [0.5, 0.6) is 17.2 Å². The van der Waals surface area contributed by atoms with Gasteiger partial charge in [0.05, 0.1) is 11.6 Å². The molecular formula is C31H23Cl2N3O6S2. The number of aliphatic hydroxyl groups is 1. The molecule has 4 aromatic rings. The van der Waals surface area contributed by atoms with E-state index in [0.29, 0.717) is 61.7 Å². The zero-order valence-electron chi connectivity index (χ0n) is 22.9. The van der Waals surface area contributed by atoms with Crippen LogP contribution >= 0.6 is 46.3 Å². The predicted molar refractivity (Wildman–Crippen MR) is 170 cm³/mol. The Labute approximate surface area is 270 Å². The Bertz CT molecular complexity index is 1810. The number of nitrogens with zero attached hydrogens (tertiary/aromatic N) is 3. The van der Waals surface area contributed by atoms with Crippen molar-refractivity contribution in [3.63, 3.8) is 0 Å². The van der Waals surface area contributed by atoms with Crippen molar-refractivity contribution in [2.75, 3.05) is 24.7 Å². The molecule has 1 fully saturated rings. The molecule has 224 valence electrons. The van der Waals surface area contributed by atoms with Crippen LogP contribution in [0.15, 0.2) is 83.2 Å². The lowest BCUT2D eigenvalue weighted by Crippen LogP contribution is -2.29. The molecule has 0 aliphatic carbocycles. The predicted octanol–water partition coefficient (Wildman–Crippen LogP) is 7.10. The summed E-state index contributed by atoms with van der Waals surface area (Å²) in [6, 6.07) is 16.0. The van der Waals surface area contributed by atoms with Crippen LogP contribution in [-0.4, -0.2) is 46.8 Å². The third kappa shape index (κ3) is 6.00. The lowest BCUT2D eigenvalue weighted by Gasteiger charge is -2.23. The second-order valence-corrected chi connectivity index (χ2v) is 12.6. The first-order chi connectivity index (χ1) is 21.3. The van der Waals surface area contributed by atoms with E-state index in [4.69, 9.17) is 37.4 Å². The number of hydrogen-bond donors (Lipinski definition) is 1. The number of fused-ring (bicyclic) bond motifs is 1. The van der Waals surface area contributed by atoms with Gasteiger partial charge in [-0.1, -0.05) is 77.2 Å².